The second-order valence-electron chi connectivity index (χ2n) is 13.7. The number of hydrogen-bond acceptors (Lipinski definition) is 8. The predicted octanol–water partition coefficient (Wildman–Crippen LogP) is 7.36. The molecule has 258 valence electrons. The average molecular weight is 843 g/mol. The number of phenols is 1. The van der Waals surface area contributed by atoms with Gasteiger partial charge in [0.2, 0.25) is 23.6 Å². The Bertz CT molecular complexity index is 2270. The molecule has 4 heterocycles. The molecular formula is C36H31Br2ClN4O6S. The van der Waals surface area contributed by atoms with Crippen molar-refractivity contribution in [2.75, 3.05) is 19.1 Å². The molecule has 0 spiro atoms. The van der Waals surface area contributed by atoms with E-state index in [1.807, 2.05) is 38.1 Å². The first-order chi connectivity index (χ1) is 23.7. The SMILES string of the molecule is COc1cc([C@H]2C3=CC[C@@H]4C(=O)N(C)C(=O)[C@@H]4[C@@H]3C[C@H]3C(=O)N(c4cc(-c5sc6ccc(Cl)cc6c5C)nn4C)C(=O)[C@@]23C)c(Br)c(Br)c1O. The van der Waals surface area contributed by atoms with Gasteiger partial charge in [0.25, 0.3) is 0 Å². The number of fused-ring (bicyclic) bond motifs is 5. The van der Waals surface area contributed by atoms with Crippen LogP contribution in [0, 0.1) is 36.0 Å². The van der Waals surface area contributed by atoms with Crippen LogP contribution in [0.25, 0.3) is 20.7 Å². The molecule has 0 unspecified atom stereocenters. The van der Waals surface area contributed by atoms with Crippen molar-refractivity contribution < 1.29 is 29.0 Å². The smallest absolute Gasteiger partial charge is 0.242 e. The molecule has 2 saturated heterocycles. The van der Waals surface area contributed by atoms with E-state index in [0.717, 1.165) is 26.1 Å². The van der Waals surface area contributed by atoms with E-state index in [4.69, 9.17) is 21.4 Å². The summed E-state index contributed by atoms with van der Waals surface area (Å²) in [6.45, 7) is 3.82. The number of aromatic nitrogens is 2. The third-order valence-electron chi connectivity index (χ3n) is 11.4. The number of likely N-dealkylation sites (tertiary alicyclic amines) is 1. The molecule has 2 aliphatic heterocycles. The first-order valence-electron chi connectivity index (χ1n) is 16.1. The molecule has 2 aromatic carbocycles. The molecule has 50 heavy (non-hydrogen) atoms. The minimum absolute atomic E-state index is 0.121. The number of ether oxygens (including phenoxy) is 1. The van der Waals surface area contributed by atoms with Crippen LogP contribution >= 0.6 is 54.8 Å². The Hall–Kier alpha value is -3.52. The molecule has 4 amide bonds. The van der Waals surface area contributed by atoms with Crippen LogP contribution in [0.1, 0.15) is 36.8 Å². The number of carbonyl (C=O) groups excluding carboxylic acids is 4. The molecule has 0 bridgehead atoms. The zero-order chi connectivity index (χ0) is 35.7. The van der Waals surface area contributed by atoms with Crippen molar-refractivity contribution in [3.05, 3.63) is 67.1 Å². The monoisotopic (exact) mass is 840 g/mol. The molecule has 1 saturated carbocycles. The van der Waals surface area contributed by atoms with Gasteiger partial charge in [-0.15, -0.1) is 11.3 Å². The molecule has 2 aromatic heterocycles. The summed E-state index contributed by atoms with van der Waals surface area (Å²) >= 11 is 15.0. The van der Waals surface area contributed by atoms with Crippen LogP contribution in [-0.4, -0.2) is 57.6 Å². The lowest BCUT2D eigenvalue weighted by Crippen LogP contribution is -2.49. The third-order valence-corrected chi connectivity index (χ3v) is 15.1. The topological polar surface area (TPSA) is 122 Å². The summed E-state index contributed by atoms with van der Waals surface area (Å²) in [5, 5.41) is 17.3. The van der Waals surface area contributed by atoms with Gasteiger partial charge in [-0.2, -0.15) is 5.10 Å². The number of amides is 4. The van der Waals surface area contributed by atoms with E-state index in [0.29, 0.717) is 37.5 Å². The Morgan fingerprint density at radius 1 is 1.04 bits per heavy atom. The van der Waals surface area contributed by atoms with Gasteiger partial charge in [0.1, 0.15) is 11.5 Å². The van der Waals surface area contributed by atoms with Crippen molar-refractivity contribution in [2.45, 2.75) is 32.6 Å². The van der Waals surface area contributed by atoms with Crippen LogP contribution in [-0.2, 0) is 26.2 Å². The summed E-state index contributed by atoms with van der Waals surface area (Å²) in [6, 6.07) is 9.19. The number of halogens is 3. The van der Waals surface area contributed by atoms with Gasteiger partial charge in [0, 0.05) is 40.3 Å². The summed E-state index contributed by atoms with van der Waals surface area (Å²) in [6.07, 6.45) is 2.55. The highest BCUT2D eigenvalue weighted by Gasteiger charge is 2.68. The number of aryl methyl sites for hydroxylation is 2. The molecule has 1 N–H and O–H groups in total. The van der Waals surface area contributed by atoms with Crippen LogP contribution < -0.4 is 9.64 Å². The van der Waals surface area contributed by atoms with Crippen LogP contribution in [0.5, 0.6) is 11.5 Å². The van der Waals surface area contributed by atoms with Crippen molar-refractivity contribution in [1.29, 1.82) is 0 Å². The number of imide groups is 2. The number of thiophene rings is 1. The summed E-state index contributed by atoms with van der Waals surface area (Å²) in [4.78, 5) is 60.0. The quantitative estimate of drug-likeness (QED) is 0.168. The normalized spacial score (nSPS) is 27.6. The molecule has 14 heteroatoms. The average Bonchev–Trinajstić information content (AvgIpc) is 3.75. The van der Waals surface area contributed by atoms with E-state index < -0.39 is 40.9 Å². The molecule has 4 aliphatic rings. The summed E-state index contributed by atoms with van der Waals surface area (Å²) in [7, 11) is 4.66. The van der Waals surface area contributed by atoms with Gasteiger partial charge < -0.3 is 9.84 Å². The molecular weight excluding hydrogens is 812 g/mol. The van der Waals surface area contributed by atoms with Gasteiger partial charge in [0.15, 0.2) is 11.5 Å². The first kappa shape index (κ1) is 33.6. The number of aromatic hydroxyl groups is 1. The van der Waals surface area contributed by atoms with E-state index in [-0.39, 0.29) is 35.6 Å². The molecule has 8 rings (SSSR count). The number of allylic oxidation sites excluding steroid dienone is 2. The van der Waals surface area contributed by atoms with E-state index in [1.54, 1.807) is 35.2 Å². The number of hydrogen-bond donors (Lipinski definition) is 1. The van der Waals surface area contributed by atoms with Crippen molar-refractivity contribution in [2.24, 2.45) is 36.1 Å². The highest BCUT2D eigenvalue weighted by Crippen LogP contribution is 2.65. The lowest BCUT2D eigenvalue weighted by Gasteiger charge is -2.49. The largest absolute Gasteiger partial charge is 0.503 e. The number of benzene rings is 2. The maximum Gasteiger partial charge on any atom is 0.242 e. The van der Waals surface area contributed by atoms with Crippen LogP contribution in [0.15, 0.2) is 50.9 Å². The molecule has 10 nitrogen and oxygen atoms in total. The van der Waals surface area contributed by atoms with Crippen LogP contribution in [0.4, 0.5) is 5.82 Å². The first-order valence-corrected chi connectivity index (χ1v) is 18.9. The lowest BCUT2D eigenvalue weighted by molar-refractivity contribution is -0.138. The number of methoxy groups -OCH3 is 1. The molecule has 3 fully saturated rings. The Morgan fingerprint density at radius 2 is 1.78 bits per heavy atom. The Morgan fingerprint density at radius 3 is 2.50 bits per heavy atom. The van der Waals surface area contributed by atoms with Crippen molar-refractivity contribution in [3.8, 4) is 22.1 Å². The fourth-order valence-electron chi connectivity index (χ4n) is 8.93. The predicted molar refractivity (Wildman–Crippen MR) is 196 cm³/mol. The van der Waals surface area contributed by atoms with Gasteiger partial charge in [-0.05, 0) is 105 Å². The maximum atomic E-state index is 15.1. The van der Waals surface area contributed by atoms with Crippen LogP contribution in [0.3, 0.4) is 0 Å². The fourth-order valence-corrected chi connectivity index (χ4v) is 11.2. The highest BCUT2D eigenvalue weighted by atomic mass is 79.9. The van der Waals surface area contributed by atoms with Gasteiger partial charge >= 0.3 is 0 Å². The highest BCUT2D eigenvalue weighted by molar-refractivity contribution is 9.13. The fraction of sp³-hybridized carbons (Fsp3) is 0.361. The lowest BCUT2D eigenvalue weighted by atomic mass is 9.51. The summed E-state index contributed by atoms with van der Waals surface area (Å²) in [5.41, 5.74) is 1.77. The standard InChI is InChI=1S/C36H31Br2ClN4O6S/c1-14-18-10-15(39)6-9-24(18)50-31(14)22-13-25(42(4)40-22)43-33(46)21-11-19-16(7-8-17-26(19)34(47)41(3)32(17)45)27(36(21,2)35(43)48)20-12-23(49-5)30(44)29(38)28(20)37/h6-7,9-10,12-13,17,19,21,26-27,44H,8,11H2,1-5H3/t17-,19+,21-,26-,27+,36+/m0/s1. The van der Waals surface area contributed by atoms with Crippen molar-refractivity contribution in [1.82, 2.24) is 14.7 Å². The van der Waals surface area contributed by atoms with Gasteiger partial charge in [-0.3, -0.25) is 28.8 Å². The van der Waals surface area contributed by atoms with Crippen molar-refractivity contribution >= 4 is 94.3 Å². The van der Waals surface area contributed by atoms with Gasteiger partial charge in [-0.1, -0.05) is 23.3 Å². The summed E-state index contributed by atoms with van der Waals surface area (Å²) in [5.74, 6) is -4.05. The Kier molecular flexibility index (Phi) is 7.73. The van der Waals surface area contributed by atoms with Gasteiger partial charge in [-0.25, -0.2) is 4.90 Å². The van der Waals surface area contributed by atoms with Gasteiger partial charge in [0.05, 0.1) is 39.6 Å². The molecule has 0 radical (unpaired) electrons. The Balaban J connectivity index is 1.29. The van der Waals surface area contributed by atoms with E-state index >= 15 is 4.79 Å². The number of rotatable bonds is 4. The maximum absolute atomic E-state index is 15.1. The number of anilines is 1. The minimum Gasteiger partial charge on any atom is -0.503 e. The number of carbonyl (C=O) groups is 4. The van der Waals surface area contributed by atoms with E-state index in [9.17, 15) is 19.5 Å². The molecule has 2 aliphatic carbocycles. The van der Waals surface area contributed by atoms with Crippen LogP contribution in [0.2, 0.25) is 5.02 Å². The van der Waals surface area contributed by atoms with E-state index in [1.165, 1.54) is 24.0 Å². The second-order valence-corrected chi connectivity index (χ2v) is 16.8. The minimum atomic E-state index is -1.30. The molecule has 6 atom stereocenters. The Labute approximate surface area is 313 Å². The second kappa shape index (κ2) is 11.5. The summed E-state index contributed by atoms with van der Waals surface area (Å²) < 4.78 is 8.97. The molecule has 4 aromatic rings. The zero-order valence-electron chi connectivity index (χ0n) is 27.6. The van der Waals surface area contributed by atoms with E-state index in [2.05, 4.69) is 31.9 Å². The third kappa shape index (κ3) is 4.39. The van der Waals surface area contributed by atoms with Crippen molar-refractivity contribution in [3.63, 3.8) is 0 Å². The number of nitrogens with zero attached hydrogens (tertiary/aromatic N) is 4. The zero-order valence-corrected chi connectivity index (χ0v) is 32.3. The number of phenolic OH excluding ortho intramolecular Hbond substituents is 1.